The highest BCUT2D eigenvalue weighted by Crippen LogP contribution is 2.37. The van der Waals surface area contributed by atoms with E-state index >= 15 is 0 Å². The molecule has 1 aromatic carbocycles. The van der Waals surface area contributed by atoms with Gasteiger partial charge in [0.25, 0.3) is 0 Å². The van der Waals surface area contributed by atoms with Crippen molar-refractivity contribution in [3.05, 3.63) is 52.7 Å². The molecule has 0 aliphatic carbocycles. The van der Waals surface area contributed by atoms with Crippen LogP contribution in [0.3, 0.4) is 0 Å². The summed E-state index contributed by atoms with van der Waals surface area (Å²) in [6.45, 7) is 1.81. The Hall–Kier alpha value is -2.48. The average Bonchev–Trinajstić information content (AvgIpc) is 3.10. The summed E-state index contributed by atoms with van der Waals surface area (Å²) in [4.78, 5) is 20.2. The summed E-state index contributed by atoms with van der Waals surface area (Å²) in [5.41, 5.74) is 1.01. The number of hydrogen-bond acceptors (Lipinski definition) is 4. The van der Waals surface area contributed by atoms with Crippen molar-refractivity contribution in [1.29, 1.82) is 0 Å². The lowest BCUT2D eigenvalue weighted by atomic mass is 9.99. The third-order valence-corrected chi connectivity index (χ3v) is 5.40. The van der Waals surface area contributed by atoms with Crippen molar-refractivity contribution in [3.8, 4) is 0 Å². The highest BCUT2D eigenvalue weighted by atomic mass is 35.5. The minimum absolute atomic E-state index is 0.0229. The third-order valence-electron chi connectivity index (χ3n) is 5.17. The fraction of sp³-hybridized carbons (Fsp3) is 0.368. The predicted octanol–water partition coefficient (Wildman–Crippen LogP) is 3.61. The Morgan fingerprint density at radius 3 is 2.64 bits per heavy atom. The summed E-state index contributed by atoms with van der Waals surface area (Å²) >= 11 is 5.99. The molecule has 1 atom stereocenters. The normalized spacial score (nSPS) is 19.4. The summed E-state index contributed by atoms with van der Waals surface area (Å²) in [5, 5.41) is 3.79. The van der Waals surface area contributed by atoms with Gasteiger partial charge in [0.15, 0.2) is 0 Å². The molecule has 1 unspecified atom stereocenters. The number of aromatic nitrogens is 1. The molecule has 1 fully saturated rings. The quantitative estimate of drug-likeness (QED) is 0.821. The average molecular weight is 411 g/mol. The number of benzene rings is 1. The molecule has 4 rings (SSSR count). The molecule has 1 aromatic heterocycles. The van der Waals surface area contributed by atoms with E-state index in [0.29, 0.717) is 37.7 Å². The first-order valence-electron chi connectivity index (χ1n) is 8.94. The number of alkyl halides is 3. The van der Waals surface area contributed by atoms with Crippen LogP contribution in [-0.2, 0) is 11.0 Å². The zero-order valence-corrected chi connectivity index (χ0v) is 15.6. The molecule has 2 aromatic rings. The number of carbonyl (C=O) groups excluding carboxylic acids is 1. The van der Waals surface area contributed by atoms with E-state index in [1.807, 2.05) is 6.07 Å². The van der Waals surface area contributed by atoms with Crippen LogP contribution in [0.5, 0.6) is 0 Å². The van der Waals surface area contributed by atoms with Crippen LogP contribution in [0.15, 0.2) is 36.5 Å². The molecule has 28 heavy (non-hydrogen) atoms. The number of halogens is 4. The highest BCUT2D eigenvalue weighted by molar-refractivity contribution is 6.30. The van der Waals surface area contributed by atoms with Gasteiger partial charge in [-0.3, -0.25) is 4.79 Å². The number of pyridine rings is 1. The first-order chi connectivity index (χ1) is 13.3. The van der Waals surface area contributed by atoms with E-state index in [4.69, 9.17) is 11.6 Å². The highest BCUT2D eigenvalue weighted by Gasteiger charge is 2.37. The van der Waals surface area contributed by atoms with Gasteiger partial charge < -0.3 is 15.1 Å². The first kappa shape index (κ1) is 18.9. The fourth-order valence-corrected chi connectivity index (χ4v) is 3.93. The maximum atomic E-state index is 13.2. The minimum Gasteiger partial charge on any atom is -0.384 e. The number of hydrogen-bond donors (Lipinski definition) is 1. The molecule has 9 heteroatoms. The Labute approximate surface area is 165 Å². The summed E-state index contributed by atoms with van der Waals surface area (Å²) in [6, 6.07) is 7.71. The van der Waals surface area contributed by atoms with Crippen molar-refractivity contribution in [2.45, 2.75) is 12.1 Å². The monoisotopic (exact) mass is 410 g/mol. The van der Waals surface area contributed by atoms with E-state index in [1.165, 1.54) is 12.3 Å². The molecule has 1 amide bonds. The second-order valence-corrected chi connectivity index (χ2v) is 7.29. The standard InChI is InChI=1S/C19H18ClF3N4O/c20-12-3-4-13-14(11-25-16(13)10-12)18(28)27-8-6-26(7-9-27)17-15(19(21,22)23)2-1-5-24-17/h1-5,10,14,25H,6-9,11H2. The molecule has 3 heterocycles. The van der Waals surface area contributed by atoms with Gasteiger partial charge in [-0.15, -0.1) is 0 Å². The zero-order valence-electron chi connectivity index (χ0n) is 14.8. The van der Waals surface area contributed by atoms with Gasteiger partial charge in [0, 0.05) is 49.6 Å². The Morgan fingerprint density at radius 1 is 1.18 bits per heavy atom. The summed E-state index contributed by atoms with van der Waals surface area (Å²) in [6.07, 6.45) is -3.11. The van der Waals surface area contributed by atoms with Crippen molar-refractivity contribution in [2.24, 2.45) is 0 Å². The first-order valence-corrected chi connectivity index (χ1v) is 9.31. The van der Waals surface area contributed by atoms with Gasteiger partial charge in [-0.1, -0.05) is 17.7 Å². The lowest BCUT2D eigenvalue weighted by Crippen LogP contribution is -2.50. The van der Waals surface area contributed by atoms with Gasteiger partial charge in [-0.2, -0.15) is 13.2 Å². The van der Waals surface area contributed by atoms with Gasteiger partial charge >= 0.3 is 6.18 Å². The van der Waals surface area contributed by atoms with Crippen LogP contribution in [-0.4, -0.2) is 48.5 Å². The zero-order chi connectivity index (χ0) is 19.9. The largest absolute Gasteiger partial charge is 0.419 e. The number of piperazine rings is 1. The molecule has 2 aliphatic heterocycles. The number of nitrogens with one attached hydrogen (secondary N) is 1. The number of fused-ring (bicyclic) bond motifs is 1. The predicted molar refractivity (Wildman–Crippen MR) is 101 cm³/mol. The number of amides is 1. The molecule has 0 saturated carbocycles. The van der Waals surface area contributed by atoms with Crippen LogP contribution in [0.1, 0.15) is 17.0 Å². The third kappa shape index (κ3) is 3.48. The maximum Gasteiger partial charge on any atom is 0.419 e. The molecule has 0 bridgehead atoms. The van der Waals surface area contributed by atoms with Gasteiger partial charge in [0.2, 0.25) is 5.91 Å². The number of anilines is 2. The van der Waals surface area contributed by atoms with Crippen molar-refractivity contribution in [3.63, 3.8) is 0 Å². The van der Waals surface area contributed by atoms with E-state index < -0.39 is 11.7 Å². The van der Waals surface area contributed by atoms with E-state index in [0.717, 1.165) is 17.3 Å². The lowest BCUT2D eigenvalue weighted by molar-refractivity contribution is -0.137. The van der Waals surface area contributed by atoms with E-state index in [1.54, 1.807) is 21.9 Å². The van der Waals surface area contributed by atoms with Crippen LogP contribution in [0.4, 0.5) is 24.7 Å². The molecule has 148 valence electrons. The van der Waals surface area contributed by atoms with E-state index in [2.05, 4.69) is 10.3 Å². The van der Waals surface area contributed by atoms with Gasteiger partial charge in [-0.05, 0) is 29.8 Å². The Bertz CT molecular complexity index is 897. The van der Waals surface area contributed by atoms with E-state index in [9.17, 15) is 18.0 Å². The van der Waals surface area contributed by atoms with Crippen LogP contribution in [0.2, 0.25) is 5.02 Å². The van der Waals surface area contributed by atoms with Gasteiger partial charge in [-0.25, -0.2) is 4.98 Å². The summed E-state index contributed by atoms with van der Waals surface area (Å²) in [5.74, 6) is -0.408. The Balaban J connectivity index is 1.45. The lowest BCUT2D eigenvalue weighted by Gasteiger charge is -2.37. The van der Waals surface area contributed by atoms with Gasteiger partial charge in [0.05, 0.1) is 11.5 Å². The minimum atomic E-state index is -4.46. The number of carbonyl (C=O) groups is 1. The summed E-state index contributed by atoms with van der Waals surface area (Å²) < 4.78 is 39.7. The van der Waals surface area contributed by atoms with Crippen LogP contribution in [0.25, 0.3) is 0 Å². The molecule has 2 aliphatic rings. The van der Waals surface area contributed by atoms with Crippen LogP contribution in [0, 0.1) is 0 Å². The Kier molecular flexibility index (Phi) is 4.82. The van der Waals surface area contributed by atoms with Crippen molar-refractivity contribution < 1.29 is 18.0 Å². The number of nitrogens with zero attached hydrogens (tertiary/aromatic N) is 3. The molecule has 0 spiro atoms. The van der Waals surface area contributed by atoms with Crippen molar-refractivity contribution >= 4 is 29.0 Å². The maximum absolute atomic E-state index is 13.2. The number of rotatable bonds is 2. The molecule has 1 saturated heterocycles. The topological polar surface area (TPSA) is 48.5 Å². The smallest absolute Gasteiger partial charge is 0.384 e. The van der Waals surface area contributed by atoms with Crippen LogP contribution >= 0.6 is 11.6 Å². The fourth-order valence-electron chi connectivity index (χ4n) is 3.76. The second kappa shape index (κ2) is 7.16. The second-order valence-electron chi connectivity index (χ2n) is 6.85. The molecule has 5 nitrogen and oxygen atoms in total. The van der Waals surface area contributed by atoms with E-state index in [-0.39, 0.29) is 17.6 Å². The van der Waals surface area contributed by atoms with Gasteiger partial charge in [0.1, 0.15) is 5.82 Å². The molecular formula is C19H18ClF3N4O. The SMILES string of the molecule is O=C(C1CNc2cc(Cl)ccc21)N1CCN(c2ncccc2C(F)(F)F)CC1. The summed E-state index contributed by atoms with van der Waals surface area (Å²) in [7, 11) is 0. The molecular weight excluding hydrogens is 393 g/mol. The van der Waals surface area contributed by atoms with Crippen LogP contribution < -0.4 is 10.2 Å². The van der Waals surface area contributed by atoms with Crippen molar-refractivity contribution in [2.75, 3.05) is 42.9 Å². The Morgan fingerprint density at radius 2 is 1.93 bits per heavy atom. The van der Waals surface area contributed by atoms with Crippen molar-refractivity contribution in [1.82, 2.24) is 9.88 Å². The molecule has 0 radical (unpaired) electrons. The molecule has 1 N–H and O–H groups in total.